The molecule has 3 N–H and O–H groups in total. The van der Waals surface area contributed by atoms with Crippen LogP contribution in [-0.2, 0) is 0 Å². The van der Waals surface area contributed by atoms with Gasteiger partial charge in [0.15, 0.2) is 0 Å². The SMILES string of the molecule is Nc1n[nH]c(=S)n1-c1c(Cl)cccc1Cl. The first-order chi connectivity index (χ1) is 7.11. The molecule has 0 unspecified atom stereocenters. The number of para-hydroxylation sites is 1. The van der Waals surface area contributed by atoms with Crippen molar-refractivity contribution >= 4 is 41.4 Å². The molecule has 1 aromatic carbocycles. The molecule has 15 heavy (non-hydrogen) atoms. The minimum absolute atomic E-state index is 0.218. The van der Waals surface area contributed by atoms with Gasteiger partial charge in [-0.25, -0.2) is 5.10 Å². The fourth-order valence-corrected chi connectivity index (χ4v) is 2.02. The van der Waals surface area contributed by atoms with Crippen molar-refractivity contribution in [3.8, 4) is 5.69 Å². The molecule has 0 saturated heterocycles. The van der Waals surface area contributed by atoms with Gasteiger partial charge in [-0.1, -0.05) is 29.3 Å². The number of nitrogen functional groups attached to an aromatic ring is 1. The van der Waals surface area contributed by atoms with Crippen molar-refractivity contribution in [3.63, 3.8) is 0 Å². The van der Waals surface area contributed by atoms with Crippen LogP contribution in [0.15, 0.2) is 18.2 Å². The highest BCUT2D eigenvalue weighted by atomic mass is 35.5. The Bertz CT molecular complexity index is 540. The lowest BCUT2D eigenvalue weighted by Gasteiger charge is -2.07. The Labute approximate surface area is 101 Å². The molecule has 0 aliphatic heterocycles. The number of hydrogen-bond donors (Lipinski definition) is 2. The number of rotatable bonds is 1. The zero-order valence-corrected chi connectivity index (χ0v) is 9.70. The topological polar surface area (TPSA) is 59.6 Å². The highest BCUT2D eigenvalue weighted by Gasteiger charge is 2.12. The monoisotopic (exact) mass is 260 g/mol. The average molecular weight is 261 g/mol. The highest BCUT2D eigenvalue weighted by molar-refractivity contribution is 7.71. The van der Waals surface area contributed by atoms with Gasteiger partial charge in [0.05, 0.1) is 15.7 Å². The van der Waals surface area contributed by atoms with Gasteiger partial charge >= 0.3 is 0 Å². The Morgan fingerprint density at radius 2 is 1.93 bits per heavy atom. The minimum Gasteiger partial charge on any atom is -0.368 e. The van der Waals surface area contributed by atoms with Gasteiger partial charge in [0.1, 0.15) is 0 Å². The van der Waals surface area contributed by atoms with Gasteiger partial charge in [-0.3, -0.25) is 4.57 Å². The van der Waals surface area contributed by atoms with E-state index in [9.17, 15) is 0 Å². The molecular formula is C8H6Cl2N4S. The lowest BCUT2D eigenvalue weighted by Crippen LogP contribution is -2.02. The maximum Gasteiger partial charge on any atom is 0.225 e. The fraction of sp³-hybridized carbons (Fsp3) is 0. The van der Waals surface area contributed by atoms with Crippen LogP contribution in [0, 0.1) is 4.77 Å². The number of benzene rings is 1. The van der Waals surface area contributed by atoms with Gasteiger partial charge in [0.25, 0.3) is 0 Å². The van der Waals surface area contributed by atoms with Crippen LogP contribution in [0.5, 0.6) is 0 Å². The van der Waals surface area contributed by atoms with Gasteiger partial charge in [-0.15, -0.1) is 5.10 Å². The van der Waals surface area contributed by atoms with Gasteiger partial charge in [-0.05, 0) is 24.4 Å². The molecular weight excluding hydrogens is 255 g/mol. The summed E-state index contributed by atoms with van der Waals surface area (Å²) >= 11 is 17.1. The number of aromatic nitrogens is 3. The summed E-state index contributed by atoms with van der Waals surface area (Å²) in [6, 6.07) is 5.15. The molecule has 1 aromatic heterocycles. The van der Waals surface area contributed by atoms with Gasteiger partial charge in [-0.2, -0.15) is 0 Å². The average Bonchev–Trinajstić information content (AvgIpc) is 2.49. The van der Waals surface area contributed by atoms with Crippen molar-refractivity contribution in [2.45, 2.75) is 0 Å². The smallest absolute Gasteiger partial charge is 0.225 e. The second kappa shape index (κ2) is 3.84. The lowest BCUT2D eigenvalue weighted by molar-refractivity contribution is 1.04. The van der Waals surface area contributed by atoms with Crippen LogP contribution in [0.3, 0.4) is 0 Å². The number of halogens is 2. The van der Waals surface area contributed by atoms with E-state index in [0.29, 0.717) is 20.5 Å². The number of nitrogens with zero attached hydrogens (tertiary/aromatic N) is 2. The Morgan fingerprint density at radius 1 is 1.33 bits per heavy atom. The predicted molar refractivity (Wildman–Crippen MR) is 63.2 cm³/mol. The first-order valence-electron chi connectivity index (χ1n) is 3.98. The molecule has 0 aliphatic carbocycles. The molecule has 0 amide bonds. The molecule has 2 rings (SSSR count). The van der Waals surface area contributed by atoms with Crippen molar-refractivity contribution in [1.82, 2.24) is 14.8 Å². The van der Waals surface area contributed by atoms with Crippen molar-refractivity contribution in [2.75, 3.05) is 5.73 Å². The third-order valence-corrected chi connectivity index (χ3v) is 2.74. The highest BCUT2D eigenvalue weighted by Crippen LogP contribution is 2.29. The van der Waals surface area contributed by atoms with E-state index in [4.69, 9.17) is 41.2 Å². The van der Waals surface area contributed by atoms with Crippen molar-refractivity contribution in [3.05, 3.63) is 33.0 Å². The number of anilines is 1. The molecule has 0 fully saturated rings. The molecule has 0 bridgehead atoms. The first kappa shape index (κ1) is 10.5. The molecule has 0 spiro atoms. The third-order valence-electron chi connectivity index (χ3n) is 1.86. The third kappa shape index (κ3) is 1.73. The maximum absolute atomic E-state index is 6.02. The van der Waals surface area contributed by atoms with E-state index in [1.54, 1.807) is 18.2 Å². The van der Waals surface area contributed by atoms with Crippen LogP contribution >= 0.6 is 35.4 Å². The second-order valence-electron chi connectivity index (χ2n) is 2.79. The molecule has 4 nitrogen and oxygen atoms in total. The van der Waals surface area contributed by atoms with Gasteiger partial charge in [0.2, 0.25) is 10.7 Å². The van der Waals surface area contributed by atoms with Crippen LogP contribution in [0.4, 0.5) is 5.95 Å². The molecule has 0 saturated carbocycles. The van der Waals surface area contributed by atoms with E-state index < -0.39 is 0 Å². The summed E-state index contributed by atoms with van der Waals surface area (Å²) in [5.74, 6) is 0.218. The molecule has 0 atom stereocenters. The summed E-state index contributed by atoms with van der Waals surface area (Å²) < 4.78 is 1.84. The number of H-pyrrole nitrogens is 1. The number of hydrogen-bond acceptors (Lipinski definition) is 3. The summed E-state index contributed by atoms with van der Waals surface area (Å²) in [6.45, 7) is 0. The minimum atomic E-state index is 0.218. The van der Waals surface area contributed by atoms with Crippen molar-refractivity contribution < 1.29 is 0 Å². The standard InChI is InChI=1S/C8H6Cl2N4S/c9-4-2-1-3-5(10)6(4)14-7(11)12-13-8(14)15/h1-3H,(H2,11,12)(H,13,15). The Kier molecular flexibility index (Phi) is 2.68. The summed E-state index contributed by atoms with van der Waals surface area (Å²) in [6.07, 6.45) is 0. The van der Waals surface area contributed by atoms with Crippen LogP contribution < -0.4 is 5.73 Å². The normalized spacial score (nSPS) is 10.5. The van der Waals surface area contributed by atoms with E-state index in [-0.39, 0.29) is 5.95 Å². The zero-order chi connectivity index (χ0) is 11.0. The van der Waals surface area contributed by atoms with Crippen LogP contribution in [-0.4, -0.2) is 14.8 Å². The lowest BCUT2D eigenvalue weighted by atomic mass is 10.3. The van der Waals surface area contributed by atoms with E-state index in [1.807, 2.05) is 0 Å². The molecule has 78 valence electrons. The molecule has 2 aromatic rings. The van der Waals surface area contributed by atoms with E-state index in [2.05, 4.69) is 10.2 Å². The predicted octanol–water partition coefficient (Wildman–Crippen LogP) is 2.82. The number of nitrogens with two attached hydrogens (primary N) is 1. The molecule has 0 radical (unpaired) electrons. The molecule has 1 heterocycles. The summed E-state index contributed by atoms with van der Waals surface area (Å²) in [7, 11) is 0. The van der Waals surface area contributed by atoms with E-state index in [0.717, 1.165) is 0 Å². The van der Waals surface area contributed by atoms with Crippen LogP contribution in [0.25, 0.3) is 5.69 Å². The van der Waals surface area contributed by atoms with E-state index in [1.165, 1.54) is 4.57 Å². The summed E-state index contributed by atoms with van der Waals surface area (Å²) in [5.41, 5.74) is 6.19. The Morgan fingerprint density at radius 3 is 2.40 bits per heavy atom. The Balaban J connectivity index is 2.80. The van der Waals surface area contributed by atoms with Gasteiger partial charge < -0.3 is 5.73 Å². The molecule has 0 aliphatic rings. The quantitative estimate of drug-likeness (QED) is 0.776. The van der Waals surface area contributed by atoms with Crippen LogP contribution in [0.1, 0.15) is 0 Å². The maximum atomic E-state index is 6.02. The summed E-state index contributed by atoms with van der Waals surface area (Å²) in [5, 5.41) is 7.27. The Hall–Kier alpha value is -1.04. The summed E-state index contributed by atoms with van der Waals surface area (Å²) in [4.78, 5) is 0. The number of aromatic amines is 1. The fourth-order valence-electron chi connectivity index (χ4n) is 1.23. The van der Waals surface area contributed by atoms with Crippen molar-refractivity contribution in [1.29, 1.82) is 0 Å². The number of nitrogens with one attached hydrogen (secondary N) is 1. The largest absolute Gasteiger partial charge is 0.368 e. The molecule has 7 heteroatoms. The zero-order valence-electron chi connectivity index (χ0n) is 7.37. The van der Waals surface area contributed by atoms with Gasteiger partial charge in [0, 0.05) is 0 Å². The second-order valence-corrected chi connectivity index (χ2v) is 3.99. The van der Waals surface area contributed by atoms with Crippen molar-refractivity contribution in [2.24, 2.45) is 0 Å². The van der Waals surface area contributed by atoms with E-state index >= 15 is 0 Å². The van der Waals surface area contributed by atoms with Crippen LogP contribution in [0.2, 0.25) is 10.0 Å². The first-order valence-corrected chi connectivity index (χ1v) is 5.15.